The maximum atomic E-state index is 12.3. The van der Waals surface area contributed by atoms with Gasteiger partial charge < -0.3 is 11.1 Å². The van der Waals surface area contributed by atoms with E-state index in [1.54, 1.807) is 0 Å². The number of hydrogen-bond donors (Lipinski definition) is 2. The lowest BCUT2D eigenvalue weighted by Gasteiger charge is -2.33. The normalized spacial score (nSPS) is 21.3. The monoisotopic (exact) mass is 243 g/mol. The van der Waals surface area contributed by atoms with Crippen molar-refractivity contribution in [2.24, 2.45) is 5.73 Å². The maximum absolute atomic E-state index is 12.3. The van der Waals surface area contributed by atoms with E-state index in [4.69, 9.17) is 5.73 Å². The van der Waals surface area contributed by atoms with Crippen LogP contribution in [0.25, 0.3) is 0 Å². The lowest BCUT2D eigenvalue weighted by atomic mass is 9.93. The molecule has 0 spiro atoms. The summed E-state index contributed by atoms with van der Waals surface area (Å²) in [6.45, 7) is 0.588. The van der Waals surface area contributed by atoms with Gasteiger partial charge in [-0.15, -0.1) is 0 Å². The fraction of sp³-hybridized carbons (Fsp3) is 0.231. The molecule has 2 heterocycles. The van der Waals surface area contributed by atoms with Crippen LogP contribution in [0.2, 0.25) is 0 Å². The number of rotatable bonds is 2. The molecule has 0 fully saturated rings. The van der Waals surface area contributed by atoms with E-state index in [2.05, 4.69) is 5.32 Å². The number of carbonyl (C=O) groups excluding carboxylic acids is 2. The van der Waals surface area contributed by atoms with Gasteiger partial charge in [-0.3, -0.25) is 14.5 Å². The fourth-order valence-corrected chi connectivity index (χ4v) is 2.56. The molecule has 1 aromatic carbocycles. The van der Waals surface area contributed by atoms with Crippen molar-refractivity contribution in [3.05, 3.63) is 41.5 Å². The molecule has 2 aliphatic rings. The molecule has 2 amide bonds. The van der Waals surface area contributed by atoms with E-state index in [1.807, 2.05) is 30.3 Å². The Kier molecular flexibility index (Phi) is 2.41. The van der Waals surface area contributed by atoms with Gasteiger partial charge >= 0.3 is 0 Å². The van der Waals surface area contributed by atoms with Gasteiger partial charge in [-0.1, -0.05) is 24.3 Å². The van der Waals surface area contributed by atoms with E-state index in [-0.39, 0.29) is 18.5 Å². The smallest absolute Gasteiger partial charge is 0.256 e. The number of hydrogen-bond acceptors (Lipinski definition) is 3. The lowest BCUT2D eigenvalue weighted by molar-refractivity contribution is -0.120. The quantitative estimate of drug-likeness (QED) is 0.773. The number of nitrogens with one attached hydrogen (secondary N) is 1. The van der Waals surface area contributed by atoms with Gasteiger partial charge in [0.25, 0.3) is 5.91 Å². The van der Waals surface area contributed by atoms with Crippen molar-refractivity contribution in [3.63, 3.8) is 0 Å². The van der Waals surface area contributed by atoms with Crippen LogP contribution in [0.1, 0.15) is 11.6 Å². The molecule has 5 heteroatoms. The van der Waals surface area contributed by atoms with Crippen LogP contribution in [-0.2, 0) is 9.59 Å². The second-order valence-corrected chi connectivity index (χ2v) is 4.42. The Morgan fingerprint density at radius 1 is 1.44 bits per heavy atom. The molecule has 3 N–H and O–H groups in total. The van der Waals surface area contributed by atoms with Crippen LogP contribution in [0.3, 0.4) is 0 Å². The summed E-state index contributed by atoms with van der Waals surface area (Å²) in [7, 11) is 0. The average Bonchev–Trinajstić information content (AvgIpc) is 2.83. The Bertz CT molecular complexity index is 565. The molecule has 0 radical (unpaired) electrons. The first-order valence-corrected chi connectivity index (χ1v) is 5.81. The zero-order chi connectivity index (χ0) is 12.7. The Labute approximate surface area is 104 Å². The molecule has 5 nitrogen and oxygen atoms in total. The number of carbonyl (C=O) groups is 2. The summed E-state index contributed by atoms with van der Waals surface area (Å²) in [6.07, 6.45) is 1.87. The Morgan fingerprint density at radius 2 is 2.22 bits per heavy atom. The molecular weight excluding hydrogens is 230 g/mol. The van der Waals surface area contributed by atoms with Crippen LogP contribution >= 0.6 is 0 Å². The summed E-state index contributed by atoms with van der Waals surface area (Å²) in [5, 5.41) is 3.26. The number of anilines is 1. The van der Waals surface area contributed by atoms with Crippen LogP contribution in [0.4, 0.5) is 5.69 Å². The second-order valence-electron chi connectivity index (χ2n) is 4.42. The maximum Gasteiger partial charge on any atom is 0.256 e. The summed E-state index contributed by atoms with van der Waals surface area (Å²) in [6, 6.07) is 7.52. The number of benzene rings is 1. The van der Waals surface area contributed by atoms with Gasteiger partial charge in [-0.25, -0.2) is 0 Å². The predicted molar refractivity (Wildman–Crippen MR) is 66.8 cm³/mol. The van der Waals surface area contributed by atoms with Crippen molar-refractivity contribution in [1.29, 1.82) is 0 Å². The number of para-hydroxylation sites is 1. The number of amides is 2. The molecule has 18 heavy (non-hydrogen) atoms. The van der Waals surface area contributed by atoms with E-state index >= 15 is 0 Å². The zero-order valence-electron chi connectivity index (χ0n) is 9.72. The first-order valence-electron chi connectivity index (χ1n) is 5.81. The number of primary amides is 1. The topological polar surface area (TPSA) is 75.4 Å². The van der Waals surface area contributed by atoms with Gasteiger partial charge in [-0.05, 0) is 11.6 Å². The molecule has 0 saturated carbocycles. The van der Waals surface area contributed by atoms with E-state index in [1.165, 1.54) is 4.90 Å². The Balaban J connectivity index is 2.12. The minimum atomic E-state index is -0.511. The molecule has 1 aromatic rings. The standard InChI is InChI=1S/C13H13N3O2/c14-11(17)7-16-10-4-2-1-3-8(10)12-9(13(16)18)5-6-15-12/h1-5,12,15H,6-7H2,(H2,14,17). The largest absolute Gasteiger partial charge is 0.368 e. The highest BCUT2D eigenvalue weighted by molar-refractivity contribution is 6.12. The van der Waals surface area contributed by atoms with Gasteiger partial charge in [0, 0.05) is 17.8 Å². The van der Waals surface area contributed by atoms with Gasteiger partial charge in [0.15, 0.2) is 0 Å². The van der Waals surface area contributed by atoms with Crippen molar-refractivity contribution >= 4 is 17.5 Å². The molecule has 0 saturated heterocycles. The lowest BCUT2D eigenvalue weighted by Crippen LogP contribution is -2.44. The highest BCUT2D eigenvalue weighted by Crippen LogP contribution is 2.38. The minimum Gasteiger partial charge on any atom is -0.368 e. The molecular formula is C13H13N3O2. The molecule has 2 aliphatic heterocycles. The fourth-order valence-electron chi connectivity index (χ4n) is 2.56. The van der Waals surface area contributed by atoms with E-state index in [0.717, 1.165) is 11.3 Å². The third-order valence-electron chi connectivity index (χ3n) is 3.30. The summed E-state index contributed by atoms with van der Waals surface area (Å²) < 4.78 is 0. The van der Waals surface area contributed by atoms with Crippen molar-refractivity contribution in [3.8, 4) is 0 Å². The van der Waals surface area contributed by atoms with Gasteiger partial charge in [0.2, 0.25) is 5.91 Å². The summed E-state index contributed by atoms with van der Waals surface area (Å²) in [4.78, 5) is 24.9. The van der Waals surface area contributed by atoms with Crippen molar-refractivity contribution < 1.29 is 9.59 Å². The van der Waals surface area contributed by atoms with Crippen LogP contribution < -0.4 is 16.0 Å². The van der Waals surface area contributed by atoms with Gasteiger partial charge in [0.05, 0.1) is 6.04 Å². The molecule has 0 aliphatic carbocycles. The molecule has 3 rings (SSSR count). The first kappa shape index (κ1) is 11.0. The number of nitrogens with two attached hydrogens (primary N) is 1. The van der Waals surface area contributed by atoms with Crippen molar-refractivity contribution in [2.45, 2.75) is 6.04 Å². The third-order valence-corrected chi connectivity index (χ3v) is 3.30. The second kappa shape index (κ2) is 3.96. The molecule has 0 aromatic heterocycles. The predicted octanol–water partition coefficient (Wildman–Crippen LogP) is 0.0892. The Hall–Kier alpha value is -2.14. The molecule has 1 unspecified atom stereocenters. The third kappa shape index (κ3) is 1.52. The Morgan fingerprint density at radius 3 is 3.00 bits per heavy atom. The van der Waals surface area contributed by atoms with Crippen LogP contribution in [0.5, 0.6) is 0 Å². The van der Waals surface area contributed by atoms with Crippen LogP contribution in [0, 0.1) is 0 Å². The molecule has 0 bridgehead atoms. The van der Waals surface area contributed by atoms with E-state index < -0.39 is 5.91 Å². The van der Waals surface area contributed by atoms with E-state index in [0.29, 0.717) is 12.1 Å². The first-order chi connectivity index (χ1) is 8.68. The van der Waals surface area contributed by atoms with Gasteiger partial charge in [-0.2, -0.15) is 0 Å². The summed E-state index contributed by atoms with van der Waals surface area (Å²) in [5.74, 6) is -0.648. The molecule has 92 valence electrons. The zero-order valence-corrected chi connectivity index (χ0v) is 9.72. The number of nitrogens with zero attached hydrogens (tertiary/aromatic N) is 1. The highest BCUT2D eigenvalue weighted by Gasteiger charge is 2.37. The number of fused-ring (bicyclic) bond motifs is 3. The van der Waals surface area contributed by atoms with Gasteiger partial charge in [0.1, 0.15) is 6.54 Å². The summed E-state index contributed by atoms with van der Waals surface area (Å²) in [5.41, 5.74) is 7.69. The summed E-state index contributed by atoms with van der Waals surface area (Å²) >= 11 is 0. The van der Waals surface area contributed by atoms with Crippen LogP contribution in [-0.4, -0.2) is 24.9 Å². The molecule has 1 atom stereocenters. The minimum absolute atomic E-state index is 0.0576. The average molecular weight is 243 g/mol. The van der Waals surface area contributed by atoms with Crippen molar-refractivity contribution in [1.82, 2.24) is 5.32 Å². The van der Waals surface area contributed by atoms with E-state index in [9.17, 15) is 9.59 Å². The van der Waals surface area contributed by atoms with Crippen molar-refractivity contribution in [2.75, 3.05) is 18.0 Å². The highest BCUT2D eigenvalue weighted by atomic mass is 16.2. The van der Waals surface area contributed by atoms with Crippen LogP contribution in [0.15, 0.2) is 35.9 Å². The SMILES string of the molecule is NC(=O)CN1C(=O)C2=CCNC2c2ccccc21.